The lowest BCUT2D eigenvalue weighted by Crippen LogP contribution is -2.28. The summed E-state index contributed by atoms with van der Waals surface area (Å²) in [5.74, 6) is -0.0624. The monoisotopic (exact) mass is 331 g/mol. The fourth-order valence-electron chi connectivity index (χ4n) is 3.13. The van der Waals surface area contributed by atoms with E-state index < -0.39 is 0 Å². The molecule has 0 radical (unpaired) electrons. The predicted molar refractivity (Wildman–Crippen MR) is 89.7 cm³/mol. The van der Waals surface area contributed by atoms with Crippen LogP contribution in [0.5, 0.6) is 0 Å². The molecule has 130 valence electrons. The van der Waals surface area contributed by atoms with Crippen molar-refractivity contribution in [2.24, 2.45) is 0 Å². The minimum Gasteiger partial charge on any atom is -0.376 e. The van der Waals surface area contributed by atoms with E-state index in [4.69, 9.17) is 4.74 Å². The molecule has 0 N–H and O–H groups in total. The summed E-state index contributed by atoms with van der Waals surface area (Å²) in [5, 5.41) is 8.98. The van der Waals surface area contributed by atoms with Gasteiger partial charge in [0.2, 0.25) is 0 Å². The van der Waals surface area contributed by atoms with Crippen molar-refractivity contribution in [1.82, 2.24) is 24.5 Å². The van der Waals surface area contributed by atoms with E-state index in [-0.39, 0.29) is 5.91 Å². The van der Waals surface area contributed by atoms with Crippen LogP contribution >= 0.6 is 0 Å². The summed E-state index contributed by atoms with van der Waals surface area (Å²) >= 11 is 0. The van der Waals surface area contributed by atoms with Crippen molar-refractivity contribution in [1.29, 1.82) is 0 Å². The normalized spacial score (nSPS) is 13.8. The number of carbonyl (C=O) groups is 1. The Kier molecular flexibility index (Phi) is 4.71. The van der Waals surface area contributed by atoms with E-state index in [1.807, 2.05) is 36.5 Å². The largest absolute Gasteiger partial charge is 0.376 e. The molecule has 7 nitrogen and oxygen atoms in total. The van der Waals surface area contributed by atoms with Crippen molar-refractivity contribution in [3.05, 3.63) is 34.4 Å². The Labute approximate surface area is 142 Å². The molecule has 7 heteroatoms. The second-order valence-corrected chi connectivity index (χ2v) is 6.15. The maximum absolute atomic E-state index is 12.9. The SMILES string of the molecule is CCn1cc(CN(C)C(=O)c2nn(CC)c3c2COCC3)c(C)n1. The molecule has 0 fully saturated rings. The number of amides is 1. The van der Waals surface area contributed by atoms with Crippen LogP contribution in [-0.2, 0) is 37.4 Å². The summed E-state index contributed by atoms with van der Waals surface area (Å²) in [6, 6.07) is 0. The minimum atomic E-state index is -0.0624. The Morgan fingerprint density at radius 3 is 2.79 bits per heavy atom. The molecule has 0 unspecified atom stereocenters. The molecule has 0 saturated heterocycles. The molecule has 0 aromatic carbocycles. The number of hydrogen-bond acceptors (Lipinski definition) is 4. The van der Waals surface area contributed by atoms with E-state index in [0.717, 1.165) is 42.0 Å². The maximum Gasteiger partial charge on any atom is 0.274 e. The first-order valence-electron chi connectivity index (χ1n) is 8.49. The quantitative estimate of drug-likeness (QED) is 0.837. The third-order valence-electron chi connectivity index (χ3n) is 4.52. The number of nitrogens with zero attached hydrogens (tertiary/aromatic N) is 5. The topological polar surface area (TPSA) is 65.2 Å². The first-order valence-corrected chi connectivity index (χ1v) is 8.49. The zero-order valence-electron chi connectivity index (χ0n) is 14.9. The second kappa shape index (κ2) is 6.76. The van der Waals surface area contributed by atoms with Crippen molar-refractivity contribution in [3.8, 4) is 0 Å². The highest BCUT2D eigenvalue weighted by Gasteiger charge is 2.27. The number of aromatic nitrogens is 4. The summed E-state index contributed by atoms with van der Waals surface area (Å²) in [4.78, 5) is 14.6. The first kappa shape index (κ1) is 16.7. The molecule has 1 aliphatic heterocycles. The number of rotatable bonds is 5. The molecule has 0 aliphatic carbocycles. The van der Waals surface area contributed by atoms with E-state index in [0.29, 0.717) is 25.5 Å². The van der Waals surface area contributed by atoms with Gasteiger partial charge in [0.15, 0.2) is 5.69 Å². The van der Waals surface area contributed by atoms with Crippen LogP contribution in [-0.4, -0.2) is 44.0 Å². The number of fused-ring (bicyclic) bond motifs is 1. The number of ether oxygens (including phenoxy) is 1. The van der Waals surface area contributed by atoms with Crippen LogP contribution < -0.4 is 0 Å². The van der Waals surface area contributed by atoms with Gasteiger partial charge >= 0.3 is 0 Å². The van der Waals surface area contributed by atoms with Crippen LogP contribution in [0, 0.1) is 6.92 Å². The molecule has 3 heterocycles. The molecular weight excluding hydrogens is 306 g/mol. The summed E-state index contributed by atoms with van der Waals surface area (Å²) < 4.78 is 9.37. The molecule has 3 rings (SSSR count). The van der Waals surface area contributed by atoms with Crippen LogP contribution in [0.25, 0.3) is 0 Å². The molecule has 2 aromatic heterocycles. The van der Waals surface area contributed by atoms with Gasteiger partial charge in [0.25, 0.3) is 5.91 Å². The molecule has 2 aromatic rings. The van der Waals surface area contributed by atoms with Crippen LogP contribution in [0.15, 0.2) is 6.20 Å². The highest BCUT2D eigenvalue weighted by molar-refractivity contribution is 5.93. The predicted octanol–water partition coefficient (Wildman–Crippen LogP) is 1.77. The van der Waals surface area contributed by atoms with Crippen LogP contribution in [0.3, 0.4) is 0 Å². The van der Waals surface area contributed by atoms with Gasteiger partial charge in [0.05, 0.1) is 18.9 Å². The molecule has 1 aliphatic rings. The van der Waals surface area contributed by atoms with Gasteiger partial charge in [0.1, 0.15) is 0 Å². The molecule has 0 spiro atoms. The first-order chi connectivity index (χ1) is 11.5. The van der Waals surface area contributed by atoms with Gasteiger partial charge in [-0.05, 0) is 20.8 Å². The Bertz CT molecular complexity index is 746. The molecule has 24 heavy (non-hydrogen) atoms. The number of aryl methyl sites for hydroxylation is 3. The van der Waals surface area contributed by atoms with Gasteiger partial charge < -0.3 is 9.64 Å². The van der Waals surface area contributed by atoms with Gasteiger partial charge in [-0.25, -0.2) is 0 Å². The van der Waals surface area contributed by atoms with E-state index in [1.54, 1.807) is 4.90 Å². The van der Waals surface area contributed by atoms with Crippen molar-refractivity contribution >= 4 is 5.91 Å². The van der Waals surface area contributed by atoms with Gasteiger partial charge in [-0.3, -0.25) is 14.2 Å². The standard InChI is InChI=1S/C17H25N5O2/c1-5-21-10-13(12(3)18-21)9-20(4)17(23)16-14-11-24-8-7-15(14)22(6-2)19-16/h10H,5-9,11H2,1-4H3. The van der Waals surface area contributed by atoms with Gasteiger partial charge in [-0.2, -0.15) is 10.2 Å². The molecule has 1 amide bonds. The maximum atomic E-state index is 12.9. The number of carbonyl (C=O) groups excluding carboxylic acids is 1. The molecule has 0 saturated carbocycles. The Morgan fingerprint density at radius 2 is 2.12 bits per heavy atom. The van der Waals surface area contributed by atoms with Crippen LogP contribution in [0.4, 0.5) is 0 Å². The zero-order valence-corrected chi connectivity index (χ0v) is 14.9. The van der Waals surface area contributed by atoms with Crippen molar-refractivity contribution < 1.29 is 9.53 Å². The highest BCUT2D eigenvalue weighted by atomic mass is 16.5. The second-order valence-electron chi connectivity index (χ2n) is 6.15. The van der Waals surface area contributed by atoms with Crippen molar-refractivity contribution in [2.75, 3.05) is 13.7 Å². The van der Waals surface area contributed by atoms with E-state index >= 15 is 0 Å². The lowest BCUT2D eigenvalue weighted by Gasteiger charge is -2.18. The van der Waals surface area contributed by atoms with E-state index in [2.05, 4.69) is 17.1 Å². The average molecular weight is 331 g/mol. The third-order valence-corrected chi connectivity index (χ3v) is 4.52. The van der Waals surface area contributed by atoms with E-state index in [1.165, 1.54) is 0 Å². The fourth-order valence-corrected chi connectivity index (χ4v) is 3.13. The van der Waals surface area contributed by atoms with E-state index in [9.17, 15) is 4.79 Å². The molecular formula is C17H25N5O2. The summed E-state index contributed by atoms with van der Waals surface area (Å²) in [6.07, 6.45) is 2.82. The Morgan fingerprint density at radius 1 is 1.33 bits per heavy atom. The zero-order chi connectivity index (χ0) is 17.3. The van der Waals surface area contributed by atoms with Crippen LogP contribution in [0.2, 0.25) is 0 Å². The van der Waals surface area contributed by atoms with Gasteiger partial charge in [-0.1, -0.05) is 0 Å². The van der Waals surface area contributed by atoms with Crippen molar-refractivity contribution in [2.45, 2.75) is 53.4 Å². The Balaban J connectivity index is 1.83. The molecule has 0 bridgehead atoms. The lowest BCUT2D eigenvalue weighted by atomic mass is 10.1. The Hall–Kier alpha value is -2.15. The average Bonchev–Trinajstić information content (AvgIpc) is 3.14. The summed E-state index contributed by atoms with van der Waals surface area (Å²) in [7, 11) is 1.81. The fraction of sp³-hybridized carbons (Fsp3) is 0.588. The summed E-state index contributed by atoms with van der Waals surface area (Å²) in [5.41, 5.74) is 4.62. The minimum absolute atomic E-state index is 0.0624. The lowest BCUT2D eigenvalue weighted by molar-refractivity contribution is 0.0764. The van der Waals surface area contributed by atoms with Gasteiger partial charge in [-0.15, -0.1) is 0 Å². The summed E-state index contributed by atoms with van der Waals surface area (Å²) in [6.45, 7) is 9.35. The molecule has 0 atom stereocenters. The third kappa shape index (κ3) is 2.96. The smallest absolute Gasteiger partial charge is 0.274 e. The van der Waals surface area contributed by atoms with Crippen LogP contribution in [0.1, 0.15) is 46.9 Å². The highest BCUT2D eigenvalue weighted by Crippen LogP contribution is 2.22. The van der Waals surface area contributed by atoms with Crippen molar-refractivity contribution in [3.63, 3.8) is 0 Å². The number of hydrogen-bond donors (Lipinski definition) is 0. The van der Waals surface area contributed by atoms with Gasteiger partial charge in [0, 0.05) is 56.1 Å².